The molecule has 0 spiro atoms. The van der Waals surface area contributed by atoms with Crippen LogP contribution in [0.15, 0.2) is 24.3 Å². The summed E-state index contributed by atoms with van der Waals surface area (Å²) in [5.74, 6) is 0.486. The highest BCUT2D eigenvalue weighted by atomic mass is 16.5. The molecule has 3 rings (SSSR count). The summed E-state index contributed by atoms with van der Waals surface area (Å²) in [7, 11) is 1.58. The second-order valence-electron chi connectivity index (χ2n) is 7.17. The van der Waals surface area contributed by atoms with Crippen molar-refractivity contribution in [2.24, 2.45) is 5.92 Å². The van der Waals surface area contributed by atoms with E-state index in [-0.39, 0.29) is 24.3 Å². The van der Waals surface area contributed by atoms with E-state index in [9.17, 15) is 14.7 Å². The molecule has 2 aliphatic heterocycles. The zero-order chi connectivity index (χ0) is 18.6. The number of aliphatic hydroxyl groups is 1. The molecule has 3 N–H and O–H groups in total. The Morgan fingerprint density at radius 2 is 2.15 bits per heavy atom. The molecule has 0 bridgehead atoms. The van der Waals surface area contributed by atoms with Crippen molar-refractivity contribution in [3.05, 3.63) is 29.8 Å². The maximum atomic E-state index is 12.6. The molecule has 2 heterocycles. The minimum Gasteiger partial charge on any atom is -0.497 e. The summed E-state index contributed by atoms with van der Waals surface area (Å²) < 4.78 is 5.17. The van der Waals surface area contributed by atoms with Crippen molar-refractivity contribution in [1.82, 2.24) is 15.5 Å². The number of piperidine rings is 1. The number of amides is 2. The standard InChI is InChI=1S/C19H27N3O4/c1-26-16-4-2-3-15(11-16)18(24)22-9-5-14(6-10-22)17(23)21-13-19(25)7-8-20-12-19/h2-4,11,14,20,25H,5-10,12-13H2,1H3,(H,21,23)/t19-/m0/s1. The Labute approximate surface area is 153 Å². The molecule has 1 aromatic rings. The Morgan fingerprint density at radius 1 is 1.38 bits per heavy atom. The highest BCUT2D eigenvalue weighted by Crippen LogP contribution is 2.21. The second-order valence-corrected chi connectivity index (χ2v) is 7.17. The van der Waals surface area contributed by atoms with Crippen molar-refractivity contribution in [2.75, 3.05) is 39.8 Å². The number of methoxy groups -OCH3 is 1. The van der Waals surface area contributed by atoms with Crippen LogP contribution in [0.25, 0.3) is 0 Å². The molecule has 7 heteroatoms. The number of hydrogen-bond acceptors (Lipinski definition) is 5. The van der Waals surface area contributed by atoms with Gasteiger partial charge in [-0.05, 0) is 44.0 Å². The van der Waals surface area contributed by atoms with Crippen LogP contribution in [0.1, 0.15) is 29.6 Å². The number of carbonyl (C=O) groups is 2. The van der Waals surface area contributed by atoms with Crippen LogP contribution in [0, 0.1) is 5.92 Å². The first-order valence-electron chi connectivity index (χ1n) is 9.15. The molecule has 1 aromatic carbocycles. The minimum absolute atomic E-state index is 0.0289. The lowest BCUT2D eigenvalue weighted by molar-refractivity contribution is -0.127. The van der Waals surface area contributed by atoms with Gasteiger partial charge in [0.05, 0.1) is 12.7 Å². The molecular formula is C19H27N3O4. The summed E-state index contributed by atoms with van der Waals surface area (Å²) in [4.78, 5) is 26.8. The number of hydrogen-bond donors (Lipinski definition) is 3. The van der Waals surface area contributed by atoms with Crippen LogP contribution in [0.5, 0.6) is 5.75 Å². The molecule has 0 unspecified atom stereocenters. The van der Waals surface area contributed by atoms with Crippen molar-refractivity contribution >= 4 is 11.8 Å². The lowest BCUT2D eigenvalue weighted by atomic mass is 9.94. The average Bonchev–Trinajstić information content (AvgIpc) is 3.12. The normalized spacial score (nSPS) is 23.7. The van der Waals surface area contributed by atoms with Crippen molar-refractivity contribution in [3.63, 3.8) is 0 Å². The maximum Gasteiger partial charge on any atom is 0.253 e. The molecule has 2 saturated heterocycles. The van der Waals surface area contributed by atoms with E-state index < -0.39 is 5.60 Å². The van der Waals surface area contributed by atoms with Gasteiger partial charge in [-0.2, -0.15) is 0 Å². The number of carbonyl (C=O) groups excluding carboxylic acids is 2. The number of benzene rings is 1. The van der Waals surface area contributed by atoms with Crippen molar-refractivity contribution in [2.45, 2.75) is 24.9 Å². The van der Waals surface area contributed by atoms with E-state index >= 15 is 0 Å². The monoisotopic (exact) mass is 361 g/mol. The van der Waals surface area contributed by atoms with E-state index in [1.54, 1.807) is 36.3 Å². The van der Waals surface area contributed by atoms with E-state index in [1.165, 1.54) is 0 Å². The van der Waals surface area contributed by atoms with Gasteiger partial charge in [-0.15, -0.1) is 0 Å². The van der Waals surface area contributed by atoms with Crippen molar-refractivity contribution in [3.8, 4) is 5.75 Å². The Hall–Kier alpha value is -2.12. The number of ether oxygens (including phenoxy) is 1. The predicted octanol–water partition coefficient (Wildman–Crippen LogP) is 0.388. The van der Waals surface area contributed by atoms with Crippen LogP contribution in [0.2, 0.25) is 0 Å². The quantitative estimate of drug-likeness (QED) is 0.706. The fraction of sp³-hybridized carbons (Fsp3) is 0.579. The van der Waals surface area contributed by atoms with Crippen molar-refractivity contribution < 1.29 is 19.4 Å². The Kier molecular flexibility index (Phi) is 5.78. The molecule has 0 aliphatic carbocycles. The van der Waals surface area contributed by atoms with Crippen LogP contribution in [-0.4, -0.2) is 67.3 Å². The number of likely N-dealkylation sites (tertiary alicyclic amines) is 1. The minimum atomic E-state index is -0.835. The molecule has 2 fully saturated rings. The van der Waals surface area contributed by atoms with Crippen LogP contribution in [-0.2, 0) is 4.79 Å². The van der Waals surface area contributed by atoms with Gasteiger partial charge in [-0.25, -0.2) is 0 Å². The largest absolute Gasteiger partial charge is 0.497 e. The predicted molar refractivity (Wildman–Crippen MR) is 97.1 cm³/mol. The molecule has 1 atom stereocenters. The average molecular weight is 361 g/mol. The van der Waals surface area contributed by atoms with Crippen LogP contribution in [0.4, 0.5) is 0 Å². The summed E-state index contributed by atoms with van der Waals surface area (Å²) in [6.07, 6.45) is 1.93. The first kappa shape index (κ1) is 18.7. The third kappa shape index (κ3) is 4.34. The summed E-state index contributed by atoms with van der Waals surface area (Å²) in [6.45, 7) is 2.68. The molecule has 2 amide bonds. The third-order valence-electron chi connectivity index (χ3n) is 5.28. The first-order chi connectivity index (χ1) is 12.5. The number of nitrogens with one attached hydrogen (secondary N) is 2. The molecule has 2 aliphatic rings. The molecule has 142 valence electrons. The Bertz CT molecular complexity index is 650. The summed E-state index contributed by atoms with van der Waals surface area (Å²) >= 11 is 0. The lowest BCUT2D eigenvalue weighted by Gasteiger charge is -2.32. The topological polar surface area (TPSA) is 90.9 Å². The van der Waals surface area contributed by atoms with Gasteiger partial charge in [0.1, 0.15) is 5.75 Å². The zero-order valence-electron chi connectivity index (χ0n) is 15.2. The van der Waals surface area contributed by atoms with Crippen LogP contribution >= 0.6 is 0 Å². The summed E-state index contributed by atoms with van der Waals surface area (Å²) in [5, 5.41) is 16.3. The second kappa shape index (κ2) is 8.05. The molecule has 0 aromatic heterocycles. The van der Waals surface area contributed by atoms with Crippen LogP contribution < -0.4 is 15.4 Å². The van der Waals surface area contributed by atoms with Gasteiger partial charge in [0, 0.05) is 37.7 Å². The highest BCUT2D eigenvalue weighted by molar-refractivity contribution is 5.94. The molecule has 0 radical (unpaired) electrons. The van der Waals surface area contributed by atoms with Gasteiger partial charge in [0.15, 0.2) is 0 Å². The van der Waals surface area contributed by atoms with E-state index in [2.05, 4.69) is 10.6 Å². The molecule has 7 nitrogen and oxygen atoms in total. The Morgan fingerprint density at radius 3 is 2.81 bits per heavy atom. The third-order valence-corrected chi connectivity index (χ3v) is 5.28. The van der Waals surface area contributed by atoms with E-state index in [1.807, 2.05) is 0 Å². The summed E-state index contributed by atoms with van der Waals surface area (Å²) in [6, 6.07) is 7.12. The van der Waals surface area contributed by atoms with Crippen molar-refractivity contribution in [1.29, 1.82) is 0 Å². The highest BCUT2D eigenvalue weighted by Gasteiger charge is 2.33. The number of rotatable bonds is 5. The van der Waals surface area contributed by atoms with E-state index in [0.29, 0.717) is 50.2 Å². The number of β-amino-alcohol motifs (C(OH)–C–C–N with tert-alkyl or cyclic N) is 1. The smallest absolute Gasteiger partial charge is 0.253 e. The fourth-order valence-electron chi connectivity index (χ4n) is 3.56. The van der Waals surface area contributed by atoms with Gasteiger partial charge < -0.3 is 25.4 Å². The summed E-state index contributed by atoms with van der Waals surface area (Å²) in [5.41, 5.74) is -0.234. The first-order valence-corrected chi connectivity index (χ1v) is 9.15. The van der Waals surface area contributed by atoms with Gasteiger partial charge in [-0.3, -0.25) is 9.59 Å². The fourth-order valence-corrected chi connectivity index (χ4v) is 3.56. The number of nitrogens with zero attached hydrogens (tertiary/aromatic N) is 1. The van der Waals surface area contributed by atoms with Gasteiger partial charge in [0.2, 0.25) is 5.91 Å². The SMILES string of the molecule is COc1cccc(C(=O)N2CCC(C(=O)NC[C@]3(O)CCNC3)CC2)c1. The Balaban J connectivity index is 1.48. The van der Waals surface area contributed by atoms with Crippen LogP contribution in [0.3, 0.4) is 0 Å². The van der Waals surface area contributed by atoms with E-state index in [0.717, 1.165) is 6.54 Å². The maximum absolute atomic E-state index is 12.6. The molecular weight excluding hydrogens is 334 g/mol. The molecule has 26 heavy (non-hydrogen) atoms. The lowest BCUT2D eigenvalue weighted by Crippen LogP contribution is -2.48. The zero-order valence-corrected chi connectivity index (χ0v) is 15.2. The van der Waals surface area contributed by atoms with Gasteiger partial charge in [0.25, 0.3) is 5.91 Å². The van der Waals surface area contributed by atoms with Gasteiger partial charge >= 0.3 is 0 Å². The van der Waals surface area contributed by atoms with E-state index in [4.69, 9.17) is 4.74 Å². The molecule has 0 saturated carbocycles. The van der Waals surface area contributed by atoms with Gasteiger partial charge in [-0.1, -0.05) is 6.07 Å².